The monoisotopic (exact) mass is 699 g/mol. The van der Waals surface area contributed by atoms with Crippen molar-refractivity contribution >= 4 is 62.3 Å². The van der Waals surface area contributed by atoms with E-state index in [1.807, 2.05) is 13.8 Å². The second kappa shape index (κ2) is 15.8. The number of anilines is 1. The van der Waals surface area contributed by atoms with E-state index in [2.05, 4.69) is 5.32 Å². The summed E-state index contributed by atoms with van der Waals surface area (Å²) < 4.78 is 45.6. The summed E-state index contributed by atoms with van der Waals surface area (Å²) in [5.41, 5.74) is 0.396. The lowest BCUT2D eigenvalue weighted by Gasteiger charge is -2.33. The van der Waals surface area contributed by atoms with Crippen LogP contribution in [-0.2, 0) is 26.2 Å². The number of hydrogen-bond acceptors (Lipinski definition) is 7. The van der Waals surface area contributed by atoms with E-state index in [4.69, 9.17) is 49.0 Å². The average Bonchev–Trinajstić information content (AvgIpc) is 3.01. The highest BCUT2D eigenvalue weighted by molar-refractivity contribution is 7.92. The largest absolute Gasteiger partial charge is 0.495 e. The van der Waals surface area contributed by atoms with Gasteiger partial charge in [-0.3, -0.25) is 13.9 Å². The van der Waals surface area contributed by atoms with E-state index in [0.29, 0.717) is 17.9 Å². The third-order valence-electron chi connectivity index (χ3n) is 6.87. The fourth-order valence-electron chi connectivity index (χ4n) is 4.36. The van der Waals surface area contributed by atoms with Crippen molar-refractivity contribution in [3.05, 3.63) is 75.2 Å². The summed E-state index contributed by atoms with van der Waals surface area (Å²) in [6.07, 6.45) is 0. The van der Waals surface area contributed by atoms with Crippen molar-refractivity contribution in [3.63, 3.8) is 0 Å². The molecule has 45 heavy (non-hydrogen) atoms. The van der Waals surface area contributed by atoms with Gasteiger partial charge in [0, 0.05) is 39.8 Å². The van der Waals surface area contributed by atoms with Gasteiger partial charge < -0.3 is 24.4 Å². The van der Waals surface area contributed by atoms with Gasteiger partial charge in [0.25, 0.3) is 10.0 Å². The number of carbonyl (C=O) groups is 2. The van der Waals surface area contributed by atoms with Gasteiger partial charge in [0.15, 0.2) is 11.5 Å². The third kappa shape index (κ3) is 8.66. The smallest absolute Gasteiger partial charge is 0.265 e. The summed E-state index contributed by atoms with van der Waals surface area (Å²) in [7, 11) is -0.327. The van der Waals surface area contributed by atoms with Crippen molar-refractivity contribution in [1.29, 1.82) is 0 Å². The minimum atomic E-state index is -4.49. The molecular formula is C31H36Cl3N3O7S. The summed E-state index contributed by atoms with van der Waals surface area (Å²) in [6, 6.07) is 12.3. The van der Waals surface area contributed by atoms with E-state index in [1.54, 1.807) is 25.1 Å². The molecule has 0 aliphatic carbocycles. The second-order valence-electron chi connectivity index (χ2n) is 10.4. The standard InChI is InChI=1S/C31H36Cl3N3O7S/c1-19(2)16-35-31(39)20(3)36(17-23-24(33)8-7-9-25(23)34)30(38)18-37(26-14-21(32)10-12-27(26)42-4)45(40,41)22-11-13-28(43-5)29(15-22)44-6/h7-15,19-20H,16-18H2,1-6H3,(H,35,39). The molecule has 14 heteroatoms. The third-order valence-corrected chi connectivity index (χ3v) is 9.57. The molecule has 244 valence electrons. The quantitative estimate of drug-likeness (QED) is 0.218. The molecule has 0 spiro atoms. The molecule has 3 aromatic carbocycles. The van der Waals surface area contributed by atoms with Crippen LogP contribution in [0, 0.1) is 5.92 Å². The Morgan fingerprint density at radius 3 is 2.02 bits per heavy atom. The van der Waals surface area contributed by atoms with Gasteiger partial charge in [0.1, 0.15) is 18.3 Å². The second-order valence-corrected chi connectivity index (χ2v) is 13.5. The molecule has 1 N–H and O–H groups in total. The lowest BCUT2D eigenvalue weighted by atomic mass is 10.1. The lowest BCUT2D eigenvalue weighted by Crippen LogP contribution is -2.51. The number of methoxy groups -OCH3 is 3. The van der Waals surface area contributed by atoms with Crippen LogP contribution in [0.1, 0.15) is 26.3 Å². The molecule has 0 fully saturated rings. The zero-order chi connectivity index (χ0) is 33.5. The predicted octanol–water partition coefficient (Wildman–Crippen LogP) is 6.06. The van der Waals surface area contributed by atoms with Crippen LogP contribution < -0.4 is 23.8 Å². The highest BCUT2D eigenvalue weighted by Gasteiger charge is 2.35. The number of amides is 2. The first-order valence-corrected chi connectivity index (χ1v) is 16.4. The van der Waals surface area contributed by atoms with Crippen molar-refractivity contribution in [2.24, 2.45) is 5.92 Å². The topological polar surface area (TPSA) is 114 Å². The number of rotatable bonds is 14. The molecular weight excluding hydrogens is 665 g/mol. The maximum atomic E-state index is 14.3. The summed E-state index contributed by atoms with van der Waals surface area (Å²) in [5.74, 6) is -0.392. The van der Waals surface area contributed by atoms with Crippen LogP contribution in [0.2, 0.25) is 15.1 Å². The number of halogens is 3. The minimum Gasteiger partial charge on any atom is -0.495 e. The van der Waals surface area contributed by atoms with Gasteiger partial charge in [0.2, 0.25) is 11.8 Å². The number of nitrogens with zero attached hydrogens (tertiary/aromatic N) is 2. The van der Waals surface area contributed by atoms with E-state index in [0.717, 1.165) is 4.31 Å². The number of sulfonamides is 1. The SMILES string of the molecule is COc1ccc(S(=O)(=O)N(CC(=O)N(Cc2c(Cl)cccc2Cl)C(C)C(=O)NCC(C)C)c2cc(Cl)ccc2OC)cc1OC. The molecule has 0 radical (unpaired) electrons. The molecule has 10 nitrogen and oxygen atoms in total. The highest BCUT2D eigenvalue weighted by Crippen LogP contribution is 2.37. The molecule has 0 saturated heterocycles. The van der Waals surface area contributed by atoms with Crippen LogP contribution in [0.5, 0.6) is 17.2 Å². The molecule has 0 heterocycles. The predicted molar refractivity (Wildman–Crippen MR) is 176 cm³/mol. The van der Waals surface area contributed by atoms with Crippen LogP contribution in [0.25, 0.3) is 0 Å². The first kappa shape index (κ1) is 36.1. The molecule has 0 aliphatic rings. The Bertz CT molecular complexity index is 1620. The van der Waals surface area contributed by atoms with Crippen molar-refractivity contribution < 1.29 is 32.2 Å². The molecule has 3 rings (SSSR count). The van der Waals surface area contributed by atoms with Gasteiger partial charge in [-0.1, -0.05) is 54.7 Å². The first-order chi connectivity index (χ1) is 21.2. The Kier molecular flexibility index (Phi) is 12.6. The maximum Gasteiger partial charge on any atom is 0.265 e. The van der Waals surface area contributed by atoms with Gasteiger partial charge in [-0.05, 0) is 55.3 Å². The Hall–Kier alpha value is -3.38. The Morgan fingerprint density at radius 1 is 0.844 bits per heavy atom. The molecule has 1 unspecified atom stereocenters. The summed E-state index contributed by atoms with van der Waals surface area (Å²) in [6.45, 7) is 4.88. The average molecular weight is 701 g/mol. The van der Waals surface area contributed by atoms with Gasteiger partial charge in [-0.2, -0.15) is 0 Å². The number of carbonyl (C=O) groups excluding carboxylic acids is 2. The fraction of sp³-hybridized carbons (Fsp3) is 0.355. The van der Waals surface area contributed by atoms with Gasteiger partial charge in [-0.15, -0.1) is 0 Å². The van der Waals surface area contributed by atoms with Crippen molar-refractivity contribution in [3.8, 4) is 17.2 Å². The molecule has 2 amide bonds. The number of hydrogen-bond donors (Lipinski definition) is 1. The Morgan fingerprint density at radius 2 is 1.44 bits per heavy atom. The van der Waals surface area contributed by atoms with Gasteiger partial charge in [0.05, 0.1) is 31.9 Å². The summed E-state index contributed by atoms with van der Waals surface area (Å²) in [4.78, 5) is 28.5. The zero-order valence-corrected chi connectivity index (χ0v) is 28.9. The van der Waals surface area contributed by atoms with Crippen molar-refractivity contribution in [2.75, 3.05) is 38.7 Å². The van der Waals surface area contributed by atoms with Gasteiger partial charge >= 0.3 is 0 Å². The van der Waals surface area contributed by atoms with E-state index >= 15 is 0 Å². The van der Waals surface area contributed by atoms with Crippen LogP contribution in [0.3, 0.4) is 0 Å². The molecule has 0 bridgehead atoms. The number of nitrogens with one attached hydrogen (secondary N) is 1. The first-order valence-electron chi connectivity index (χ1n) is 13.8. The van der Waals surface area contributed by atoms with Crippen LogP contribution in [-0.4, -0.2) is 65.6 Å². The summed E-state index contributed by atoms with van der Waals surface area (Å²) >= 11 is 19.2. The van der Waals surface area contributed by atoms with Gasteiger partial charge in [-0.25, -0.2) is 8.42 Å². The molecule has 1 atom stereocenters. The zero-order valence-electron chi connectivity index (χ0n) is 25.8. The van der Waals surface area contributed by atoms with E-state index in [1.165, 1.54) is 62.6 Å². The van der Waals surface area contributed by atoms with E-state index < -0.39 is 34.4 Å². The number of ether oxygens (including phenoxy) is 3. The lowest BCUT2D eigenvalue weighted by molar-refractivity contribution is -0.139. The normalized spacial score (nSPS) is 12.0. The van der Waals surface area contributed by atoms with Crippen molar-refractivity contribution in [1.82, 2.24) is 10.2 Å². The van der Waals surface area contributed by atoms with Crippen LogP contribution in [0.15, 0.2) is 59.5 Å². The molecule has 0 saturated carbocycles. The fourth-order valence-corrected chi connectivity index (χ4v) is 6.48. The van der Waals surface area contributed by atoms with E-state index in [9.17, 15) is 18.0 Å². The minimum absolute atomic E-state index is 0.000716. The van der Waals surface area contributed by atoms with Crippen LogP contribution in [0.4, 0.5) is 5.69 Å². The maximum absolute atomic E-state index is 14.3. The highest BCUT2D eigenvalue weighted by atomic mass is 35.5. The molecule has 3 aromatic rings. The molecule has 0 aliphatic heterocycles. The van der Waals surface area contributed by atoms with E-state index in [-0.39, 0.29) is 49.6 Å². The Labute approximate surface area is 279 Å². The Balaban J connectivity index is 2.17. The van der Waals surface area contributed by atoms with Crippen molar-refractivity contribution in [2.45, 2.75) is 38.3 Å². The molecule has 0 aromatic heterocycles. The number of benzene rings is 3. The summed E-state index contributed by atoms with van der Waals surface area (Å²) in [5, 5.41) is 3.59. The van der Waals surface area contributed by atoms with Crippen LogP contribution >= 0.6 is 34.8 Å².